The molecule has 2 amide bonds. The molecule has 0 atom stereocenters. The van der Waals surface area contributed by atoms with Crippen molar-refractivity contribution >= 4 is 65.2 Å². The molecule has 9 nitrogen and oxygen atoms in total. The summed E-state index contributed by atoms with van der Waals surface area (Å²) in [5.41, 5.74) is 5.73. The Labute approximate surface area is 300 Å². The van der Waals surface area contributed by atoms with Crippen LogP contribution in [0.3, 0.4) is 0 Å². The molecule has 0 bridgehead atoms. The van der Waals surface area contributed by atoms with Gasteiger partial charge < -0.3 is 29.3 Å². The number of fused-ring (bicyclic) bond motifs is 2. The van der Waals surface area contributed by atoms with E-state index in [1.807, 2.05) is 34.3 Å². The van der Waals surface area contributed by atoms with Crippen LogP contribution in [-0.4, -0.2) is 99.4 Å². The molecule has 0 saturated heterocycles. The molecule has 1 aliphatic heterocycles. The summed E-state index contributed by atoms with van der Waals surface area (Å²) < 4.78 is 16.7. The van der Waals surface area contributed by atoms with Crippen molar-refractivity contribution in [3.8, 4) is 0 Å². The van der Waals surface area contributed by atoms with Crippen molar-refractivity contribution in [2.24, 2.45) is 4.99 Å². The molecular weight excluding hydrogens is 656 g/mol. The smallest absolute Gasteiger partial charge is 0.434 e. The predicted molar refractivity (Wildman–Crippen MR) is 208 cm³/mol. The Balaban J connectivity index is 1.48. The van der Waals surface area contributed by atoms with Crippen molar-refractivity contribution in [2.45, 2.75) is 64.5 Å². The van der Waals surface area contributed by atoms with E-state index in [0.717, 1.165) is 72.7 Å². The first-order valence-electron chi connectivity index (χ1n) is 17.6. The number of alkyl halides is 1. The van der Waals surface area contributed by atoms with Crippen molar-refractivity contribution in [3.05, 3.63) is 53.6 Å². The topological polar surface area (TPSA) is 92.7 Å². The fraction of sp³-hybridized carbons (Fsp3) is 0.553. The molecule has 3 rings (SSSR count). The van der Waals surface area contributed by atoms with Gasteiger partial charge in [0.1, 0.15) is 8.07 Å². The fourth-order valence-electron chi connectivity index (χ4n) is 5.93. The Kier molecular flexibility index (Phi) is 16.8. The maximum atomic E-state index is 13.1. The Bertz CT molecular complexity index is 1430. The number of carbonyl (C=O) groups excluding carboxylic acids is 2. The highest BCUT2D eigenvalue weighted by atomic mass is 35.5. The number of halogens is 1. The maximum absolute atomic E-state index is 13.1. The first-order chi connectivity index (χ1) is 23.5. The molecular formula is C38H57ClN4O5Si. The predicted octanol–water partition coefficient (Wildman–Crippen LogP) is 6.08. The molecule has 1 aliphatic rings. The van der Waals surface area contributed by atoms with Gasteiger partial charge in [0.15, 0.2) is 0 Å². The second kappa shape index (κ2) is 20.5. The molecule has 1 heterocycles. The average Bonchev–Trinajstić information content (AvgIpc) is 3.07. The summed E-state index contributed by atoms with van der Waals surface area (Å²) in [6, 6.07) is 10.7. The Morgan fingerprint density at radius 1 is 0.837 bits per heavy atom. The van der Waals surface area contributed by atoms with Gasteiger partial charge in [0.25, 0.3) is 0 Å². The summed E-state index contributed by atoms with van der Waals surface area (Å²) in [6.45, 7) is 11.8. The normalized spacial score (nSPS) is 13.8. The molecule has 2 aromatic rings. The average molecular weight is 713 g/mol. The summed E-state index contributed by atoms with van der Waals surface area (Å²) in [6.07, 6.45) is 8.18. The van der Waals surface area contributed by atoms with Gasteiger partial charge in [-0.3, -0.25) is 4.79 Å². The van der Waals surface area contributed by atoms with Crippen LogP contribution in [0.2, 0.25) is 13.1 Å². The lowest BCUT2D eigenvalue weighted by Gasteiger charge is -2.36. The van der Waals surface area contributed by atoms with E-state index in [2.05, 4.69) is 70.1 Å². The highest BCUT2D eigenvalue weighted by Gasteiger charge is 2.39. The summed E-state index contributed by atoms with van der Waals surface area (Å²) in [4.78, 5) is 34.1. The fourth-order valence-corrected chi connectivity index (χ4v) is 9.19. The molecule has 1 N–H and O–H groups in total. The number of aliphatic imine (C=N–C) groups is 1. The third-order valence-electron chi connectivity index (χ3n) is 8.84. The van der Waals surface area contributed by atoms with Gasteiger partial charge in [-0.15, -0.1) is 11.6 Å². The van der Waals surface area contributed by atoms with Crippen LogP contribution in [0, 0.1) is 0 Å². The number of rotatable bonds is 21. The number of unbranched alkanes of at least 4 members (excludes halogenated alkanes) is 5. The number of hydrogen-bond acceptors (Lipinski definition) is 7. The van der Waals surface area contributed by atoms with Crippen LogP contribution < -0.4 is 25.5 Å². The van der Waals surface area contributed by atoms with Crippen molar-refractivity contribution in [2.75, 3.05) is 83.4 Å². The molecule has 0 spiro atoms. The Morgan fingerprint density at radius 2 is 1.49 bits per heavy atom. The van der Waals surface area contributed by atoms with Crippen LogP contribution in [0.1, 0.15) is 68.1 Å². The minimum absolute atomic E-state index is 0.00540. The molecule has 270 valence electrons. The Hall–Kier alpha value is -3.18. The number of anilines is 2. The third-order valence-corrected chi connectivity index (χ3v) is 12.6. The van der Waals surface area contributed by atoms with E-state index in [1.54, 1.807) is 0 Å². The van der Waals surface area contributed by atoms with E-state index >= 15 is 0 Å². The minimum atomic E-state index is -2.18. The summed E-state index contributed by atoms with van der Waals surface area (Å²) >= 11 is 5.68. The number of nitrogens with zero attached hydrogens (tertiary/aromatic N) is 3. The standard InChI is InChI=1S/C38H57ClN4O5Si/c1-8-29-26-31(43(4)5)28-34-36(29)37(32-18-17-30(42(2)3)27-33(32)49(34,6)7)41-38(45)48-22-15-11-12-16-35(44)40-20-23-47-25-24-46-21-14-10-9-13-19-39/h8,17-18,26-28H,1,9-16,19-25H2,2-7H3,(H,40,44)/b41-37+. The van der Waals surface area contributed by atoms with Gasteiger partial charge >= 0.3 is 6.09 Å². The monoisotopic (exact) mass is 712 g/mol. The van der Waals surface area contributed by atoms with Gasteiger partial charge in [0, 0.05) is 76.1 Å². The van der Waals surface area contributed by atoms with E-state index in [9.17, 15) is 9.59 Å². The van der Waals surface area contributed by atoms with E-state index in [-0.39, 0.29) is 12.5 Å². The minimum Gasteiger partial charge on any atom is -0.448 e. The van der Waals surface area contributed by atoms with Gasteiger partial charge in [-0.05, 0) is 72.3 Å². The van der Waals surface area contributed by atoms with E-state index in [4.69, 9.17) is 25.8 Å². The van der Waals surface area contributed by atoms with Crippen molar-refractivity contribution in [1.29, 1.82) is 0 Å². The summed E-state index contributed by atoms with van der Waals surface area (Å²) in [5.74, 6) is 0.717. The molecule has 0 radical (unpaired) electrons. The van der Waals surface area contributed by atoms with Crippen LogP contribution in [-0.2, 0) is 19.0 Å². The number of benzene rings is 2. The maximum Gasteiger partial charge on any atom is 0.434 e. The Morgan fingerprint density at radius 3 is 2.18 bits per heavy atom. The first-order valence-corrected chi connectivity index (χ1v) is 21.1. The molecule has 11 heteroatoms. The highest BCUT2D eigenvalue weighted by Crippen LogP contribution is 2.29. The number of nitrogens with one attached hydrogen (secondary N) is 1. The first kappa shape index (κ1) is 40.2. The van der Waals surface area contributed by atoms with Gasteiger partial charge in [0.2, 0.25) is 5.91 Å². The largest absolute Gasteiger partial charge is 0.448 e. The number of amides is 2. The van der Waals surface area contributed by atoms with Gasteiger partial charge in [-0.25, -0.2) is 4.79 Å². The second-order valence-corrected chi connectivity index (χ2v) is 18.1. The second-order valence-electron chi connectivity index (χ2n) is 13.4. The van der Waals surface area contributed by atoms with Crippen LogP contribution in [0.15, 0.2) is 41.9 Å². The lowest BCUT2D eigenvalue weighted by atomic mass is 9.95. The number of hydrogen-bond donors (Lipinski definition) is 1. The molecule has 0 aromatic heterocycles. The summed E-state index contributed by atoms with van der Waals surface area (Å²) in [5, 5.41) is 5.35. The van der Waals surface area contributed by atoms with Gasteiger partial charge in [-0.1, -0.05) is 44.7 Å². The molecule has 0 saturated carbocycles. The van der Waals surface area contributed by atoms with E-state index < -0.39 is 14.2 Å². The zero-order valence-corrected chi connectivity index (χ0v) is 32.3. The van der Waals surface area contributed by atoms with Crippen LogP contribution in [0.5, 0.6) is 0 Å². The van der Waals surface area contributed by atoms with Gasteiger partial charge in [0.05, 0.1) is 32.1 Å². The lowest BCUT2D eigenvalue weighted by molar-refractivity contribution is -0.121. The van der Waals surface area contributed by atoms with Crippen molar-refractivity contribution < 1.29 is 23.8 Å². The highest BCUT2D eigenvalue weighted by molar-refractivity contribution is 7.02. The number of carbonyl (C=O) groups is 2. The lowest BCUT2D eigenvalue weighted by Crippen LogP contribution is -2.60. The molecule has 2 aromatic carbocycles. The molecule has 0 fully saturated rings. The third kappa shape index (κ3) is 12.0. The van der Waals surface area contributed by atoms with Crippen LogP contribution in [0.25, 0.3) is 6.08 Å². The summed E-state index contributed by atoms with van der Waals surface area (Å²) in [7, 11) is 5.96. The van der Waals surface area contributed by atoms with E-state index in [0.29, 0.717) is 51.3 Å². The van der Waals surface area contributed by atoms with E-state index in [1.165, 1.54) is 10.4 Å². The zero-order chi connectivity index (χ0) is 35.8. The van der Waals surface area contributed by atoms with Crippen LogP contribution in [0.4, 0.5) is 16.2 Å². The van der Waals surface area contributed by atoms with Crippen molar-refractivity contribution in [3.63, 3.8) is 0 Å². The molecule has 49 heavy (non-hydrogen) atoms. The van der Waals surface area contributed by atoms with Crippen molar-refractivity contribution in [1.82, 2.24) is 5.32 Å². The number of ether oxygens (including phenoxy) is 3. The molecule has 0 aliphatic carbocycles. The van der Waals surface area contributed by atoms with Gasteiger partial charge in [-0.2, -0.15) is 4.99 Å². The zero-order valence-electron chi connectivity index (χ0n) is 30.5. The SMILES string of the molecule is C=Cc1cc(N(C)C)cc2c1/C(=N/C(=O)OCCCCCC(=O)NCCOCCOCCCCCCCl)c1ccc(N(C)C)cc1[Si]2(C)C. The quantitative estimate of drug-likeness (QED) is 0.0953. The van der Waals surface area contributed by atoms with Crippen LogP contribution >= 0.6 is 11.6 Å². The molecule has 0 unspecified atom stereocenters.